The van der Waals surface area contributed by atoms with Crippen LogP contribution in [-0.4, -0.2) is 29.6 Å². The van der Waals surface area contributed by atoms with Gasteiger partial charge in [-0.2, -0.15) is 4.98 Å². The Morgan fingerprint density at radius 3 is 2.74 bits per heavy atom. The maximum atomic E-state index is 12.1. The average Bonchev–Trinajstić information content (AvgIpc) is 3.38. The van der Waals surface area contributed by atoms with Crippen molar-refractivity contribution in [2.45, 2.75) is 6.42 Å². The fourth-order valence-corrected chi connectivity index (χ4v) is 4.84. The first kappa shape index (κ1) is 18.1. The zero-order valence-electron chi connectivity index (χ0n) is 14.1. The smallest absolute Gasteiger partial charge is 0.211 e. The van der Waals surface area contributed by atoms with E-state index in [9.17, 15) is 8.42 Å². The Hall–Kier alpha value is -2.33. The van der Waals surface area contributed by atoms with Crippen LogP contribution in [0.2, 0.25) is 0 Å². The van der Waals surface area contributed by atoms with Gasteiger partial charge in [-0.15, -0.1) is 27.8 Å². The molecule has 27 heavy (non-hydrogen) atoms. The van der Waals surface area contributed by atoms with Crippen molar-refractivity contribution in [1.29, 1.82) is 0 Å². The molecule has 0 aliphatic carbocycles. The van der Waals surface area contributed by atoms with E-state index in [1.807, 2.05) is 53.2 Å². The van der Waals surface area contributed by atoms with Gasteiger partial charge in [0.1, 0.15) is 0 Å². The highest BCUT2D eigenvalue weighted by Crippen LogP contribution is 2.24. The van der Waals surface area contributed by atoms with E-state index < -0.39 is 10.0 Å². The number of thiazole rings is 1. The van der Waals surface area contributed by atoms with Gasteiger partial charge < -0.3 is 0 Å². The number of aromatic nitrogens is 3. The molecule has 0 saturated carbocycles. The maximum Gasteiger partial charge on any atom is 0.233 e. The van der Waals surface area contributed by atoms with Crippen molar-refractivity contribution in [3.05, 3.63) is 69.9 Å². The van der Waals surface area contributed by atoms with Gasteiger partial charge >= 0.3 is 0 Å². The first-order valence-electron chi connectivity index (χ1n) is 8.20. The van der Waals surface area contributed by atoms with Crippen LogP contribution in [0, 0.1) is 0 Å². The fraction of sp³-hybridized carbons (Fsp3) is 0.111. The number of nitrogens with zero attached hydrogens (tertiary/aromatic N) is 3. The lowest BCUT2D eigenvalue weighted by molar-refractivity contribution is 0.590. The second kappa shape index (κ2) is 7.73. The van der Waals surface area contributed by atoms with Gasteiger partial charge in [0.2, 0.25) is 15.0 Å². The molecule has 9 heteroatoms. The predicted molar refractivity (Wildman–Crippen MR) is 110 cm³/mol. The van der Waals surface area contributed by atoms with Crippen LogP contribution in [-0.2, 0) is 16.4 Å². The highest BCUT2D eigenvalue weighted by Gasteiger charge is 2.12. The molecular formula is C18H16N4O2S3. The SMILES string of the molecule is O=S(=O)(C=Cc1ccccc1)NCCc1csc2nc(-c3cccs3)nn12. The topological polar surface area (TPSA) is 76.4 Å². The molecule has 0 aliphatic heterocycles. The van der Waals surface area contributed by atoms with E-state index in [2.05, 4.69) is 14.8 Å². The average molecular weight is 417 g/mol. The normalized spacial score (nSPS) is 12.3. The first-order valence-corrected chi connectivity index (χ1v) is 11.5. The summed E-state index contributed by atoms with van der Waals surface area (Å²) in [6, 6.07) is 13.3. The molecule has 0 fully saturated rings. The Labute approximate surface area is 164 Å². The molecule has 0 atom stereocenters. The minimum absolute atomic E-state index is 0.293. The molecule has 0 aliphatic rings. The second-order valence-corrected chi connectivity index (χ2v) is 9.17. The van der Waals surface area contributed by atoms with Gasteiger partial charge in [-0.25, -0.2) is 17.7 Å². The first-order chi connectivity index (χ1) is 13.1. The third-order valence-corrected chi connectivity index (χ3v) is 6.65. The van der Waals surface area contributed by atoms with E-state index >= 15 is 0 Å². The summed E-state index contributed by atoms with van der Waals surface area (Å²) in [6.07, 6.45) is 2.11. The highest BCUT2D eigenvalue weighted by molar-refractivity contribution is 7.92. The van der Waals surface area contributed by atoms with E-state index in [1.54, 1.807) is 21.9 Å². The zero-order chi connectivity index (χ0) is 18.7. The summed E-state index contributed by atoms with van der Waals surface area (Å²) < 4.78 is 28.6. The molecule has 0 saturated heterocycles. The van der Waals surface area contributed by atoms with Crippen LogP contribution < -0.4 is 4.72 Å². The van der Waals surface area contributed by atoms with Crippen molar-refractivity contribution in [3.63, 3.8) is 0 Å². The Morgan fingerprint density at radius 1 is 1.11 bits per heavy atom. The molecule has 4 aromatic rings. The molecule has 1 aromatic carbocycles. The lowest BCUT2D eigenvalue weighted by atomic mass is 10.2. The molecule has 3 heterocycles. The summed E-state index contributed by atoms with van der Waals surface area (Å²) >= 11 is 3.09. The summed E-state index contributed by atoms with van der Waals surface area (Å²) in [6.45, 7) is 0.293. The maximum absolute atomic E-state index is 12.1. The van der Waals surface area contributed by atoms with Crippen molar-refractivity contribution < 1.29 is 8.42 Å². The van der Waals surface area contributed by atoms with Crippen molar-refractivity contribution in [1.82, 2.24) is 19.3 Å². The van der Waals surface area contributed by atoms with E-state index in [0.717, 1.165) is 21.1 Å². The minimum Gasteiger partial charge on any atom is -0.211 e. The molecule has 138 valence electrons. The zero-order valence-corrected chi connectivity index (χ0v) is 16.6. The number of hydrogen-bond donors (Lipinski definition) is 1. The number of sulfonamides is 1. The summed E-state index contributed by atoms with van der Waals surface area (Å²) in [5.41, 5.74) is 1.77. The molecular weight excluding hydrogens is 400 g/mol. The third-order valence-electron chi connectivity index (χ3n) is 3.82. The van der Waals surface area contributed by atoms with Crippen LogP contribution >= 0.6 is 22.7 Å². The van der Waals surface area contributed by atoms with Crippen molar-refractivity contribution in [2.24, 2.45) is 0 Å². The van der Waals surface area contributed by atoms with Crippen LogP contribution in [0.15, 0.2) is 58.6 Å². The molecule has 0 unspecified atom stereocenters. The van der Waals surface area contributed by atoms with E-state index in [-0.39, 0.29) is 0 Å². The summed E-state index contributed by atoms with van der Waals surface area (Å²) in [7, 11) is -3.49. The monoisotopic (exact) mass is 416 g/mol. The van der Waals surface area contributed by atoms with Gasteiger partial charge in [0.05, 0.1) is 10.6 Å². The third kappa shape index (κ3) is 4.33. The summed E-state index contributed by atoms with van der Waals surface area (Å²) in [5, 5.41) is 9.68. The summed E-state index contributed by atoms with van der Waals surface area (Å²) in [5.74, 6) is 0.699. The quantitative estimate of drug-likeness (QED) is 0.499. The Bertz CT molecular complexity index is 1160. The van der Waals surface area contributed by atoms with Crippen molar-refractivity contribution >= 4 is 43.7 Å². The number of hydrogen-bond acceptors (Lipinski definition) is 6. The Kier molecular flexibility index (Phi) is 5.17. The molecule has 0 spiro atoms. The fourth-order valence-electron chi connectivity index (χ4n) is 2.51. The van der Waals surface area contributed by atoms with E-state index in [0.29, 0.717) is 18.8 Å². The van der Waals surface area contributed by atoms with Gasteiger partial charge in [-0.1, -0.05) is 36.4 Å². The standard InChI is InChI=1S/C18H16N4O2S3/c23-27(24,12-9-14-5-2-1-3-6-14)19-10-8-15-13-26-18-20-17(21-22(15)18)16-7-4-11-25-16/h1-7,9,11-13,19H,8,10H2. The molecule has 6 nitrogen and oxygen atoms in total. The summed E-state index contributed by atoms with van der Waals surface area (Å²) in [4.78, 5) is 6.35. The van der Waals surface area contributed by atoms with Crippen LogP contribution in [0.4, 0.5) is 0 Å². The predicted octanol–water partition coefficient (Wildman–Crippen LogP) is 3.65. The van der Waals surface area contributed by atoms with E-state index in [4.69, 9.17) is 0 Å². The minimum atomic E-state index is -3.49. The number of rotatable bonds is 7. The molecule has 0 amide bonds. The van der Waals surface area contributed by atoms with Crippen LogP contribution in [0.1, 0.15) is 11.3 Å². The highest BCUT2D eigenvalue weighted by atomic mass is 32.2. The number of benzene rings is 1. The molecule has 1 N–H and O–H groups in total. The number of nitrogens with one attached hydrogen (secondary N) is 1. The van der Waals surface area contributed by atoms with Gasteiger partial charge in [-0.3, -0.25) is 0 Å². The Balaban J connectivity index is 1.41. The molecule has 4 rings (SSSR count). The van der Waals surface area contributed by atoms with Crippen LogP contribution in [0.3, 0.4) is 0 Å². The van der Waals surface area contributed by atoms with Crippen LogP contribution in [0.5, 0.6) is 0 Å². The van der Waals surface area contributed by atoms with Gasteiger partial charge in [0.25, 0.3) is 0 Å². The number of thiophene rings is 1. The second-order valence-electron chi connectivity index (χ2n) is 5.74. The lowest BCUT2D eigenvalue weighted by Crippen LogP contribution is -2.24. The lowest BCUT2D eigenvalue weighted by Gasteiger charge is -2.02. The number of fused-ring (bicyclic) bond motifs is 1. The van der Waals surface area contributed by atoms with Gasteiger partial charge in [-0.05, 0) is 23.1 Å². The van der Waals surface area contributed by atoms with Gasteiger partial charge in [0.15, 0.2) is 5.82 Å². The van der Waals surface area contributed by atoms with Crippen LogP contribution in [0.25, 0.3) is 21.7 Å². The van der Waals surface area contributed by atoms with Crippen molar-refractivity contribution in [3.8, 4) is 10.7 Å². The molecule has 0 radical (unpaired) electrons. The van der Waals surface area contributed by atoms with Crippen molar-refractivity contribution in [2.75, 3.05) is 6.54 Å². The molecule has 3 aromatic heterocycles. The van der Waals surface area contributed by atoms with E-state index in [1.165, 1.54) is 16.7 Å². The Morgan fingerprint density at radius 2 is 1.96 bits per heavy atom. The van der Waals surface area contributed by atoms with Gasteiger partial charge in [0, 0.05) is 23.8 Å². The molecule has 0 bridgehead atoms. The largest absolute Gasteiger partial charge is 0.233 e.